The van der Waals surface area contributed by atoms with Gasteiger partial charge in [0.25, 0.3) is 0 Å². The Morgan fingerprint density at radius 1 is 1.43 bits per heavy atom. The second-order valence-corrected chi connectivity index (χ2v) is 4.42. The topological polar surface area (TPSA) is 44.1 Å². The van der Waals surface area contributed by atoms with Crippen molar-refractivity contribution in [2.75, 3.05) is 0 Å². The van der Waals surface area contributed by atoms with Crippen LogP contribution < -0.4 is 0 Å². The Labute approximate surface area is 84.7 Å². The van der Waals surface area contributed by atoms with Crippen LogP contribution in [-0.2, 0) is 4.79 Å². The minimum absolute atomic E-state index is 0.0750. The van der Waals surface area contributed by atoms with Gasteiger partial charge >= 0.3 is 0 Å². The number of amides is 1. The molecule has 0 bridgehead atoms. The maximum absolute atomic E-state index is 11.4. The molecule has 0 N–H and O–H groups in total. The van der Waals surface area contributed by atoms with Gasteiger partial charge in [-0.3, -0.25) is 4.79 Å². The predicted molar refractivity (Wildman–Crippen MR) is 52.3 cm³/mol. The van der Waals surface area contributed by atoms with Gasteiger partial charge < -0.3 is 4.90 Å². The van der Waals surface area contributed by atoms with Crippen LogP contribution >= 0.6 is 0 Å². The van der Waals surface area contributed by atoms with Gasteiger partial charge in [0.05, 0.1) is 6.07 Å². The predicted octanol–water partition coefficient (Wildman–Crippen LogP) is 1.69. The molecule has 14 heavy (non-hydrogen) atoms. The van der Waals surface area contributed by atoms with Crippen LogP contribution in [0.1, 0.15) is 39.0 Å². The number of fused-ring (bicyclic) bond motifs is 1. The van der Waals surface area contributed by atoms with E-state index in [2.05, 4.69) is 6.07 Å². The smallest absolute Gasteiger partial charge is 0.220 e. The second kappa shape index (κ2) is 3.61. The molecule has 3 atom stereocenters. The van der Waals surface area contributed by atoms with Gasteiger partial charge in [-0.15, -0.1) is 0 Å². The molecule has 1 aliphatic carbocycles. The number of rotatable bonds is 0. The van der Waals surface area contributed by atoms with Crippen molar-refractivity contribution in [2.24, 2.45) is 5.92 Å². The van der Waals surface area contributed by atoms with Crippen molar-refractivity contribution in [2.45, 2.75) is 51.1 Å². The van der Waals surface area contributed by atoms with Crippen LogP contribution in [0, 0.1) is 17.2 Å². The standard InChI is InChI=1S/C11H16N2O/c1-8(14)13-10(7-12)6-9-4-2-3-5-11(9)13/h9-11H,2-6H2,1H3/t9-,10+,11+/m1/s1. The number of carbonyl (C=O) groups is 1. The summed E-state index contributed by atoms with van der Waals surface area (Å²) in [4.78, 5) is 13.3. The van der Waals surface area contributed by atoms with Crippen molar-refractivity contribution in [1.29, 1.82) is 5.26 Å². The molecule has 0 spiro atoms. The summed E-state index contributed by atoms with van der Waals surface area (Å²) in [5.41, 5.74) is 0. The number of likely N-dealkylation sites (tertiary alicyclic amines) is 1. The molecule has 1 saturated heterocycles. The molecule has 1 saturated carbocycles. The Morgan fingerprint density at radius 3 is 2.79 bits per heavy atom. The van der Waals surface area contributed by atoms with Gasteiger partial charge in [0.2, 0.25) is 5.91 Å². The molecular formula is C11H16N2O. The third-order valence-corrected chi connectivity index (χ3v) is 3.60. The highest BCUT2D eigenvalue weighted by atomic mass is 16.2. The van der Waals surface area contributed by atoms with E-state index in [9.17, 15) is 4.79 Å². The summed E-state index contributed by atoms with van der Waals surface area (Å²) in [5.74, 6) is 0.670. The first-order chi connectivity index (χ1) is 6.74. The van der Waals surface area contributed by atoms with Crippen LogP contribution in [0.3, 0.4) is 0 Å². The molecule has 0 aromatic heterocycles. The average Bonchev–Trinajstić information content (AvgIpc) is 2.55. The van der Waals surface area contributed by atoms with E-state index in [1.54, 1.807) is 6.92 Å². The molecule has 1 aliphatic heterocycles. The van der Waals surface area contributed by atoms with Gasteiger partial charge in [-0.25, -0.2) is 0 Å². The SMILES string of the molecule is CC(=O)N1[C@H](C#N)C[C@H]2CCCC[C@@H]21. The first-order valence-electron chi connectivity index (χ1n) is 5.42. The van der Waals surface area contributed by atoms with E-state index in [4.69, 9.17) is 5.26 Å². The van der Waals surface area contributed by atoms with Crippen LogP contribution in [0.2, 0.25) is 0 Å². The summed E-state index contributed by atoms with van der Waals surface area (Å²) in [7, 11) is 0. The number of hydrogen-bond donors (Lipinski definition) is 0. The van der Waals surface area contributed by atoms with E-state index in [0.717, 1.165) is 12.8 Å². The molecule has 1 heterocycles. The summed E-state index contributed by atoms with van der Waals surface area (Å²) in [5, 5.41) is 8.99. The Bertz CT molecular complexity index is 282. The molecule has 3 heteroatoms. The zero-order valence-corrected chi connectivity index (χ0v) is 8.57. The third kappa shape index (κ3) is 1.39. The van der Waals surface area contributed by atoms with Crippen LogP contribution in [0.4, 0.5) is 0 Å². The highest BCUT2D eigenvalue weighted by molar-refractivity contribution is 5.75. The molecule has 0 radical (unpaired) electrons. The minimum atomic E-state index is -0.152. The number of carbonyl (C=O) groups excluding carboxylic acids is 1. The highest BCUT2D eigenvalue weighted by Crippen LogP contribution is 2.39. The zero-order valence-electron chi connectivity index (χ0n) is 8.57. The van der Waals surface area contributed by atoms with Gasteiger partial charge in [-0.2, -0.15) is 5.26 Å². The fourth-order valence-electron chi connectivity index (χ4n) is 3.03. The lowest BCUT2D eigenvalue weighted by atomic mass is 9.85. The summed E-state index contributed by atoms with van der Waals surface area (Å²) in [6.45, 7) is 1.58. The van der Waals surface area contributed by atoms with Gasteiger partial charge in [-0.1, -0.05) is 12.8 Å². The quantitative estimate of drug-likeness (QED) is 0.586. The Balaban J connectivity index is 2.19. The third-order valence-electron chi connectivity index (χ3n) is 3.60. The van der Waals surface area contributed by atoms with Gasteiger partial charge in [0.1, 0.15) is 6.04 Å². The minimum Gasteiger partial charge on any atom is -0.324 e. The lowest BCUT2D eigenvalue weighted by molar-refractivity contribution is -0.131. The summed E-state index contributed by atoms with van der Waals surface area (Å²) >= 11 is 0. The van der Waals surface area contributed by atoms with Gasteiger partial charge in [-0.05, 0) is 25.2 Å². The zero-order chi connectivity index (χ0) is 10.1. The average molecular weight is 192 g/mol. The van der Waals surface area contributed by atoms with Crippen molar-refractivity contribution in [3.8, 4) is 6.07 Å². The summed E-state index contributed by atoms with van der Waals surface area (Å²) in [6, 6.07) is 2.47. The van der Waals surface area contributed by atoms with Crippen LogP contribution in [0.25, 0.3) is 0 Å². The van der Waals surface area contributed by atoms with E-state index in [1.165, 1.54) is 19.3 Å². The summed E-state index contributed by atoms with van der Waals surface area (Å²) in [6.07, 6.45) is 5.68. The fraction of sp³-hybridized carbons (Fsp3) is 0.818. The van der Waals surface area contributed by atoms with E-state index in [0.29, 0.717) is 12.0 Å². The largest absolute Gasteiger partial charge is 0.324 e. The monoisotopic (exact) mass is 192 g/mol. The Morgan fingerprint density at radius 2 is 2.14 bits per heavy atom. The molecule has 2 fully saturated rings. The molecule has 2 rings (SSSR count). The van der Waals surface area contributed by atoms with Crippen LogP contribution in [-0.4, -0.2) is 22.9 Å². The molecule has 0 aromatic carbocycles. The first-order valence-corrected chi connectivity index (χ1v) is 5.42. The molecule has 0 aromatic rings. The van der Waals surface area contributed by atoms with Crippen molar-refractivity contribution >= 4 is 5.91 Å². The lowest BCUT2D eigenvalue weighted by Gasteiger charge is -2.31. The van der Waals surface area contributed by atoms with E-state index >= 15 is 0 Å². The second-order valence-electron chi connectivity index (χ2n) is 4.42. The number of nitrogens with zero attached hydrogens (tertiary/aromatic N) is 2. The van der Waals surface area contributed by atoms with Gasteiger partial charge in [0, 0.05) is 13.0 Å². The molecule has 2 aliphatic rings. The van der Waals surface area contributed by atoms with Crippen molar-refractivity contribution in [1.82, 2.24) is 4.90 Å². The van der Waals surface area contributed by atoms with Crippen molar-refractivity contribution < 1.29 is 4.79 Å². The van der Waals surface area contributed by atoms with Crippen LogP contribution in [0.15, 0.2) is 0 Å². The number of hydrogen-bond acceptors (Lipinski definition) is 2. The summed E-state index contributed by atoms with van der Waals surface area (Å²) < 4.78 is 0. The lowest BCUT2D eigenvalue weighted by Crippen LogP contribution is -2.41. The van der Waals surface area contributed by atoms with Crippen molar-refractivity contribution in [3.63, 3.8) is 0 Å². The van der Waals surface area contributed by atoms with E-state index < -0.39 is 0 Å². The molecule has 0 unspecified atom stereocenters. The maximum atomic E-state index is 11.4. The fourth-order valence-corrected chi connectivity index (χ4v) is 3.03. The Kier molecular flexibility index (Phi) is 2.45. The molecule has 76 valence electrons. The normalized spacial score (nSPS) is 36.3. The maximum Gasteiger partial charge on any atom is 0.220 e. The molecule has 1 amide bonds. The molecular weight excluding hydrogens is 176 g/mol. The van der Waals surface area contributed by atoms with E-state index in [-0.39, 0.29) is 11.9 Å². The highest BCUT2D eigenvalue weighted by Gasteiger charge is 2.43. The van der Waals surface area contributed by atoms with Crippen LogP contribution in [0.5, 0.6) is 0 Å². The Hall–Kier alpha value is -1.04. The first kappa shape index (κ1) is 9.51. The molecule has 3 nitrogen and oxygen atoms in total. The van der Waals surface area contributed by atoms with Crippen molar-refractivity contribution in [3.05, 3.63) is 0 Å². The number of nitriles is 1. The van der Waals surface area contributed by atoms with Gasteiger partial charge in [0.15, 0.2) is 0 Å². The van der Waals surface area contributed by atoms with E-state index in [1.807, 2.05) is 4.90 Å².